The number of hydrogen-bond donors (Lipinski definition) is 6. The predicted octanol–water partition coefficient (Wildman–Crippen LogP) is 0.119. The molecule has 0 saturated carbocycles. The standard InChI is InChI=1S/C12H11N5.C6H8O6/c13-11-10-12(15-7-14-10)17-9(16-11)6-8-4-2-1-3-5-8;7-1-2(8)5-3(9)4(10)6(11)12-5/h1-5,7H,6H2,(H3,13,14,15,16,17);2,5,7-10H,1H2/t;2-,5+/m.0/s1. The lowest BCUT2D eigenvalue weighted by molar-refractivity contribution is -0.147. The molecule has 0 fully saturated rings. The summed E-state index contributed by atoms with van der Waals surface area (Å²) in [6.07, 6.45) is -0.545. The van der Waals surface area contributed by atoms with Gasteiger partial charge >= 0.3 is 5.97 Å². The molecule has 1 aliphatic rings. The molecule has 0 radical (unpaired) electrons. The number of hydrogen-bond acceptors (Lipinski definition) is 10. The van der Waals surface area contributed by atoms with E-state index in [1.54, 1.807) is 6.33 Å². The van der Waals surface area contributed by atoms with E-state index in [1.807, 2.05) is 30.3 Å². The first-order chi connectivity index (χ1) is 13.9. The maximum atomic E-state index is 10.5. The number of rotatable bonds is 4. The van der Waals surface area contributed by atoms with Crippen molar-refractivity contribution in [2.75, 3.05) is 12.3 Å². The SMILES string of the molecule is Nc1nc(Cc2ccccc2)nc2nc[nH]c12.O=C1O[C@H]([C@@H](O)CO)C(O)=C1O. The van der Waals surface area contributed by atoms with Gasteiger partial charge < -0.3 is 35.9 Å². The number of aromatic amines is 1. The molecule has 0 spiro atoms. The van der Waals surface area contributed by atoms with E-state index in [1.165, 1.54) is 0 Å². The number of H-pyrrole nitrogens is 1. The number of cyclic esters (lactones) is 1. The van der Waals surface area contributed by atoms with Crippen molar-refractivity contribution in [3.05, 3.63) is 59.6 Å². The smallest absolute Gasteiger partial charge is 0.377 e. The van der Waals surface area contributed by atoms with E-state index in [0.29, 0.717) is 29.2 Å². The summed E-state index contributed by atoms with van der Waals surface area (Å²) in [6, 6.07) is 10.0. The fraction of sp³-hybridized carbons (Fsp3) is 0.222. The molecule has 0 bridgehead atoms. The molecule has 29 heavy (non-hydrogen) atoms. The Morgan fingerprint density at radius 3 is 2.55 bits per heavy atom. The van der Waals surface area contributed by atoms with Crippen LogP contribution < -0.4 is 5.73 Å². The summed E-state index contributed by atoms with van der Waals surface area (Å²) in [4.78, 5) is 26.2. The molecule has 11 heteroatoms. The second-order valence-electron chi connectivity index (χ2n) is 6.10. The van der Waals surface area contributed by atoms with Crippen LogP contribution in [0.5, 0.6) is 0 Å². The highest BCUT2D eigenvalue weighted by Gasteiger charge is 2.38. The second-order valence-corrected chi connectivity index (χ2v) is 6.10. The van der Waals surface area contributed by atoms with Crippen LogP contribution in [0.4, 0.5) is 5.82 Å². The van der Waals surface area contributed by atoms with Crippen LogP contribution in [-0.2, 0) is 16.0 Å². The van der Waals surface area contributed by atoms with Gasteiger partial charge in [-0.25, -0.2) is 19.7 Å². The topological polar surface area (TPSA) is 188 Å². The minimum Gasteiger partial charge on any atom is -0.505 e. The molecular weight excluding hydrogens is 382 g/mol. The lowest BCUT2D eigenvalue weighted by atomic mass is 10.1. The van der Waals surface area contributed by atoms with Crippen LogP contribution in [0.15, 0.2) is 48.2 Å². The lowest BCUT2D eigenvalue weighted by Gasteiger charge is -2.13. The number of imidazole rings is 1. The first-order valence-electron chi connectivity index (χ1n) is 8.52. The molecule has 0 aliphatic carbocycles. The van der Waals surface area contributed by atoms with Crippen LogP contribution >= 0.6 is 0 Å². The Morgan fingerprint density at radius 1 is 1.21 bits per heavy atom. The molecule has 1 aromatic carbocycles. The molecule has 11 nitrogen and oxygen atoms in total. The van der Waals surface area contributed by atoms with Gasteiger partial charge in [0.25, 0.3) is 0 Å². The number of benzene rings is 1. The number of carbonyl (C=O) groups excluding carboxylic acids is 1. The molecule has 3 aromatic rings. The summed E-state index contributed by atoms with van der Waals surface area (Å²) in [5.74, 6) is -1.65. The highest BCUT2D eigenvalue weighted by atomic mass is 16.6. The second kappa shape index (κ2) is 8.54. The maximum Gasteiger partial charge on any atom is 0.377 e. The number of esters is 1. The van der Waals surface area contributed by atoms with Crippen LogP contribution in [-0.4, -0.2) is 65.1 Å². The summed E-state index contributed by atoms with van der Waals surface area (Å²) in [5, 5.41) is 35.0. The Balaban J connectivity index is 0.000000177. The summed E-state index contributed by atoms with van der Waals surface area (Å²) in [5.41, 5.74) is 8.30. The number of nitrogen functional groups attached to an aromatic ring is 1. The van der Waals surface area contributed by atoms with Crippen LogP contribution in [0.1, 0.15) is 11.4 Å². The van der Waals surface area contributed by atoms with E-state index in [4.69, 9.17) is 26.2 Å². The van der Waals surface area contributed by atoms with Crippen LogP contribution in [0.2, 0.25) is 0 Å². The monoisotopic (exact) mass is 401 g/mol. The van der Waals surface area contributed by atoms with Gasteiger partial charge in [0, 0.05) is 6.42 Å². The molecule has 4 rings (SSSR count). The molecule has 7 N–H and O–H groups in total. The van der Waals surface area contributed by atoms with Crippen molar-refractivity contribution in [3.63, 3.8) is 0 Å². The van der Waals surface area contributed by atoms with Crippen molar-refractivity contribution in [2.45, 2.75) is 18.6 Å². The van der Waals surface area contributed by atoms with Gasteiger partial charge in [0.05, 0.1) is 12.9 Å². The van der Waals surface area contributed by atoms with Gasteiger partial charge in [-0.05, 0) is 5.56 Å². The minimum absolute atomic E-state index is 0.443. The quantitative estimate of drug-likeness (QED) is 0.328. The number of aliphatic hydroxyl groups is 4. The molecule has 0 amide bonds. The van der Waals surface area contributed by atoms with E-state index < -0.39 is 36.3 Å². The molecule has 1 aliphatic heterocycles. The number of nitrogens with two attached hydrogens (primary N) is 1. The number of fused-ring (bicyclic) bond motifs is 1. The van der Waals surface area contributed by atoms with E-state index in [0.717, 1.165) is 5.56 Å². The Morgan fingerprint density at radius 2 is 1.93 bits per heavy atom. The van der Waals surface area contributed by atoms with Gasteiger partial charge in [0.15, 0.2) is 23.3 Å². The molecular formula is C18H19N5O6. The van der Waals surface area contributed by atoms with Gasteiger partial charge in [-0.1, -0.05) is 30.3 Å². The zero-order valence-corrected chi connectivity index (χ0v) is 15.1. The van der Waals surface area contributed by atoms with Crippen molar-refractivity contribution in [3.8, 4) is 0 Å². The number of aromatic nitrogens is 4. The number of carbonyl (C=O) groups is 1. The predicted molar refractivity (Wildman–Crippen MR) is 101 cm³/mol. The van der Waals surface area contributed by atoms with Crippen molar-refractivity contribution in [1.29, 1.82) is 0 Å². The third kappa shape index (κ3) is 4.42. The Bertz CT molecular complexity index is 1040. The number of aliphatic hydroxyl groups excluding tert-OH is 4. The fourth-order valence-electron chi connectivity index (χ4n) is 2.58. The maximum absolute atomic E-state index is 10.5. The third-order valence-electron chi connectivity index (χ3n) is 4.04. The number of anilines is 1. The van der Waals surface area contributed by atoms with Crippen molar-refractivity contribution in [2.24, 2.45) is 0 Å². The van der Waals surface area contributed by atoms with Crippen LogP contribution in [0.25, 0.3) is 11.2 Å². The minimum atomic E-state index is -1.42. The first kappa shape index (κ1) is 20.0. The Hall–Kier alpha value is -3.70. The highest BCUT2D eigenvalue weighted by molar-refractivity contribution is 5.89. The van der Waals surface area contributed by atoms with Gasteiger partial charge in [-0.15, -0.1) is 0 Å². The normalized spacial score (nSPS) is 17.0. The average molecular weight is 401 g/mol. The van der Waals surface area contributed by atoms with E-state index in [-0.39, 0.29) is 0 Å². The molecule has 2 aromatic heterocycles. The summed E-state index contributed by atoms with van der Waals surface area (Å²) in [6.45, 7) is -0.671. The zero-order valence-electron chi connectivity index (χ0n) is 15.1. The van der Waals surface area contributed by atoms with Crippen LogP contribution in [0.3, 0.4) is 0 Å². The fourth-order valence-corrected chi connectivity index (χ4v) is 2.58. The Labute approximate surface area is 164 Å². The van der Waals surface area contributed by atoms with Crippen LogP contribution in [0, 0.1) is 0 Å². The number of nitrogens with one attached hydrogen (secondary N) is 1. The summed E-state index contributed by atoms with van der Waals surface area (Å²) >= 11 is 0. The van der Waals surface area contributed by atoms with Crippen molar-refractivity contribution in [1.82, 2.24) is 19.9 Å². The van der Waals surface area contributed by atoms with Gasteiger partial charge in [-0.2, -0.15) is 0 Å². The van der Waals surface area contributed by atoms with Crippen molar-refractivity contribution < 1.29 is 30.0 Å². The number of ether oxygens (including phenoxy) is 1. The largest absolute Gasteiger partial charge is 0.505 e. The first-order valence-corrected chi connectivity index (χ1v) is 8.52. The van der Waals surface area contributed by atoms with E-state index >= 15 is 0 Å². The zero-order chi connectivity index (χ0) is 21.0. The Kier molecular flexibility index (Phi) is 5.90. The van der Waals surface area contributed by atoms with E-state index in [2.05, 4.69) is 24.7 Å². The van der Waals surface area contributed by atoms with E-state index in [9.17, 15) is 4.79 Å². The van der Waals surface area contributed by atoms with Gasteiger partial charge in [-0.3, -0.25) is 0 Å². The molecule has 152 valence electrons. The molecule has 0 unspecified atom stereocenters. The van der Waals surface area contributed by atoms with Crippen molar-refractivity contribution >= 4 is 23.0 Å². The van der Waals surface area contributed by atoms with Gasteiger partial charge in [0.1, 0.15) is 17.4 Å². The average Bonchev–Trinajstić information content (AvgIpc) is 3.29. The molecule has 3 heterocycles. The summed E-state index contributed by atoms with van der Waals surface area (Å²) < 4.78 is 4.32. The lowest BCUT2D eigenvalue weighted by Crippen LogP contribution is -2.31. The summed E-state index contributed by atoms with van der Waals surface area (Å²) in [7, 11) is 0. The highest BCUT2D eigenvalue weighted by Crippen LogP contribution is 2.21. The number of nitrogens with zero attached hydrogens (tertiary/aromatic N) is 3. The molecule has 0 saturated heterocycles. The van der Waals surface area contributed by atoms with Gasteiger partial charge in [0.2, 0.25) is 5.76 Å². The molecule has 2 atom stereocenters. The third-order valence-corrected chi connectivity index (χ3v) is 4.04.